The molecule has 4 heteroatoms. The van der Waals surface area contributed by atoms with Gasteiger partial charge in [-0.05, 0) is 45.2 Å². The second-order valence-electron chi connectivity index (χ2n) is 10.1. The number of amides is 1. The maximum absolute atomic E-state index is 12.7. The lowest BCUT2D eigenvalue weighted by Crippen LogP contribution is -2.35. The monoisotopic (exact) mass is 397 g/mol. The predicted molar refractivity (Wildman–Crippen MR) is 117 cm³/mol. The predicted octanol–water partition coefficient (Wildman–Crippen LogP) is 5.95. The molecule has 1 atom stereocenters. The zero-order chi connectivity index (χ0) is 22.1. The minimum atomic E-state index is -0.658. The number of aromatic hydroxyl groups is 1. The molecule has 2 N–H and O–H groups in total. The molecular weight excluding hydrogens is 362 g/mol. The molecule has 0 fully saturated rings. The molecule has 0 spiro atoms. The van der Waals surface area contributed by atoms with Crippen LogP contribution in [0.2, 0.25) is 0 Å². The lowest BCUT2D eigenvalue weighted by Gasteiger charge is -2.33. The number of hydroxylamine groups is 2. The first-order valence-corrected chi connectivity index (χ1v) is 10.2. The highest BCUT2D eigenvalue weighted by Gasteiger charge is 2.32. The van der Waals surface area contributed by atoms with Crippen LogP contribution in [0.4, 0.5) is 0 Å². The molecule has 0 radical (unpaired) electrons. The van der Waals surface area contributed by atoms with Gasteiger partial charge >= 0.3 is 0 Å². The van der Waals surface area contributed by atoms with Crippen molar-refractivity contribution in [2.75, 3.05) is 0 Å². The van der Waals surface area contributed by atoms with Crippen molar-refractivity contribution in [3.8, 4) is 5.75 Å². The summed E-state index contributed by atoms with van der Waals surface area (Å²) < 4.78 is 0. The van der Waals surface area contributed by atoms with Gasteiger partial charge in [0.15, 0.2) is 0 Å². The molecular formula is C25H35NO3. The third kappa shape index (κ3) is 4.99. The van der Waals surface area contributed by atoms with E-state index >= 15 is 0 Å². The summed E-state index contributed by atoms with van der Waals surface area (Å²) in [6.45, 7) is 15.8. The van der Waals surface area contributed by atoms with Crippen LogP contribution in [0, 0.1) is 5.92 Å². The average molecular weight is 398 g/mol. The van der Waals surface area contributed by atoms with Gasteiger partial charge in [0.2, 0.25) is 5.91 Å². The Kier molecular flexibility index (Phi) is 6.48. The standard InChI is InChI=1S/C25H35NO3/c1-16(2)23(28)26(29)21(17-12-10-9-11-13-17)18-14-19(24(3,4)5)22(27)20(15-18)25(6,7)8/h9-16,21,27,29H,1-8H3. The summed E-state index contributed by atoms with van der Waals surface area (Å²) in [4.78, 5) is 12.7. The summed E-state index contributed by atoms with van der Waals surface area (Å²) in [6.07, 6.45) is 0. The van der Waals surface area contributed by atoms with Crippen molar-refractivity contribution in [1.29, 1.82) is 0 Å². The summed E-state index contributed by atoms with van der Waals surface area (Å²) in [6, 6.07) is 12.7. The maximum Gasteiger partial charge on any atom is 0.249 e. The summed E-state index contributed by atoms with van der Waals surface area (Å²) in [5.41, 5.74) is 2.58. The van der Waals surface area contributed by atoms with Crippen LogP contribution in [0.5, 0.6) is 5.75 Å². The van der Waals surface area contributed by atoms with Crippen molar-refractivity contribution in [1.82, 2.24) is 5.06 Å². The van der Waals surface area contributed by atoms with Crippen LogP contribution in [0.25, 0.3) is 0 Å². The highest BCUT2D eigenvalue weighted by molar-refractivity contribution is 5.78. The molecule has 1 unspecified atom stereocenters. The zero-order valence-electron chi connectivity index (χ0n) is 18.9. The van der Waals surface area contributed by atoms with Gasteiger partial charge in [0.05, 0.1) is 0 Å². The molecule has 1 amide bonds. The summed E-state index contributed by atoms with van der Waals surface area (Å²) in [5.74, 6) is -0.408. The van der Waals surface area contributed by atoms with E-state index < -0.39 is 6.04 Å². The van der Waals surface area contributed by atoms with Crippen molar-refractivity contribution < 1.29 is 15.1 Å². The van der Waals surface area contributed by atoms with Gasteiger partial charge < -0.3 is 5.11 Å². The van der Waals surface area contributed by atoms with Crippen molar-refractivity contribution in [2.45, 2.75) is 72.3 Å². The number of rotatable bonds is 4. The SMILES string of the molecule is CC(C)C(=O)N(O)C(c1ccccc1)c1cc(C(C)(C)C)c(O)c(C(C)(C)C)c1. The van der Waals surface area contributed by atoms with E-state index in [1.54, 1.807) is 13.8 Å². The largest absolute Gasteiger partial charge is 0.507 e. The Hall–Kier alpha value is -2.33. The Morgan fingerprint density at radius 3 is 1.69 bits per heavy atom. The molecule has 2 rings (SSSR count). The van der Waals surface area contributed by atoms with Gasteiger partial charge in [-0.1, -0.05) is 85.7 Å². The van der Waals surface area contributed by atoms with Crippen LogP contribution in [-0.4, -0.2) is 21.3 Å². The van der Waals surface area contributed by atoms with Crippen molar-refractivity contribution in [3.05, 3.63) is 64.7 Å². The lowest BCUT2D eigenvalue weighted by atomic mass is 9.77. The van der Waals surface area contributed by atoms with Crippen LogP contribution in [0.15, 0.2) is 42.5 Å². The summed E-state index contributed by atoms with van der Waals surface area (Å²) >= 11 is 0. The second kappa shape index (κ2) is 8.19. The average Bonchev–Trinajstić information content (AvgIpc) is 2.61. The minimum absolute atomic E-state index is 0.278. The second-order valence-corrected chi connectivity index (χ2v) is 10.1. The highest BCUT2D eigenvalue weighted by atomic mass is 16.5. The molecule has 0 aliphatic carbocycles. The van der Waals surface area contributed by atoms with Crippen molar-refractivity contribution in [3.63, 3.8) is 0 Å². The van der Waals surface area contributed by atoms with E-state index in [9.17, 15) is 15.1 Å². The first-order valence-electron chi connectivity index (χ1n) is 10.2. The minimum Gasteiger partial charge on any atom is -0.507 e. The molecule has 0 aromatic heterocycles. The fraction of sp³-hybridized carbons (Fsp3) is 0.480. The molecule has 158 valence electrons. The van der Waals surface area contributed by atoms with Gasteiger partial charge in [-0.2, -0.15) is 0 Å². The fourth-order valence-corrected chi connectivity index (χ4v) is 3.46. The number of hydrogen-bond donors (Lipinski definition) is 2. The summed E-state index contributed by atoms with van der Waals surface area (Å²) in [7, 11) is 0. The number of carbonyl (C=O) groups is 1. The first kappa shape index (κ1) is 23.0. The van der Waals surface area contributed by atoms with Gasteiger partial charge in [-0.3, -0.25) is 10.0 Å². The van der Waals surface area contributed by atoms with E-state index in [4.69, 9.17) is 0 Å². The third-order valence-corrected chi connectivity index (χ3v) is 5.14. The molecule has 0 saturated heterocycles. The Morgan fingerprint density at radius 2 is 1.31 bits per heavy atom. The summed E-state index contributed by atoms with van der Waals surface area (Å²) in [5, 5.41) is 22.8. The number of hydrogen-bond acceptors (Lipinski definition) is 3. The normalized spacial score (nSPS) is 13.4. The molecule has 0 aliphatic heterocycles. The number of carbonyl (C=O) groups excluding carboxylic acids is 1. The Morgan fingerprint density at radius 1 is 0.862 bits per heavy atom. The molecule has 2 aromatic carbocycles. The van der Waals surface area contributed by atoms with E-state index in [0.717, 1.165) is 27.3 Å². The number of benzene rings is 2. The molecule has 2 aromatic rings. The van der Waals surface area contributed by atoms with E-state index in [0.29, 0.717) is 0 Å². The Labute approximate surface area is 175 Å². The lowest BCUT2D eigenvalue weighted by molar-refractivity contribution is -0.176. The van der Waals surface area contributed by atoms with Gasteiger partial charge in [0.1, 0.15) is 11.8 Å². The van der Waals surface area contributed by atoms with Crippen LogP contribution in [0.3, 0.4) is 0 Å². The number of nitrogens with zero attached hydrogens (tertiary/aromatic N) is 1. The van der Waals surface area contributed by atoms with Gasteiger partial charge in [0, 0.05) is 5.92 Å². The zero-order valence-corrected chi connectivity index (χ0v) is 18.9. The quantitative estimate of drug-likeness (QED) is 0.495. The van der Waals surface area contributed by atoms with E-state index in [1.807, 2.05) is 84.0 Å². The highest BCUT2D eigenvalue weighted by Crippen LogP contribution is 2.42. The molecule has 0 bridgehead atoms. The van der Waals surface area contributed by atoms with Gasteiger partial charge in [-0.25, -0.2) is 5.06 Å². The fourth-order valence-electron chi connectivity index (χ4n) is 3.46. The Balaban J connectivity index is 2.81. The molecule has 29 heavy (non-hydrogen) atoms. The van der Waals surface area contributed by atoms with Gasteiger partial charge in [0.25, 0.3) is 0 Å². The molecule has 0 aliphatic rings. The van der Waals surface area contributed by atoms with Crippen LogP contribution in [0.1, 0.15) is 83.7 Å². The van der Waals surface area contributed by atoms with Crippen LogP contribution in [-0.2, 0) is 15.6 Å². The van der Waals surface area contributed by atoms with E-state index in [2.05, 4.69) is 0 Å². The smallest absolute Gasteiger partial charge is 0.249 e. The molecule has 4 nitrogen and oxygen atoms in total. The number of phenols is 1. The number of phenolic OH excluding ortho intramolecular Hbond substituents is 1. The van der Waals surface area contributed by atoms with Crippen LogP contribution < -0.4 is 0 Å². The van der Waals surface area contributed by atoms with Crippen molar-refractivity contribution >= 4 is 5.91 Å². The van der Waals surface area contributed by atoms with E-state index in [-0.39, 0.29) is 28.4 Å². The van der Waals surface area contributed by atoms with E-state index in [1.165, 1.54) is 0 Å². The van der Waals surface area contributed by atoms with Gasteiger partial charge in [-0.15, -0.1) is 0 Å². The van der Waals surface area contributed by atoms with Crippen LogP contribution >= 0.6 is 0 Å². The molecule has 0 heterocycles. The first-order chi connectivity index (χ1) is 13.2. The topological polar surface area (TPSA) is 60.8 Å². The molecule has 0 saturated carbocycles. The maximum atomic E-state index is 12.7. The van der Waals surface area contributed by atoms with Crippen molar-refractivity contribution in [2.24, 2.45) is 5.92 Å². The third-order valence-electron chi connectivity index (χ3n) is 5.14. The Bertz CT molecular complexity index is 823.